The lowest BCUT2D eigenvalue weighted by atomic mass is 10.0. The van der Waals surface area contributed by atoms with E-state index in [1.165, 1.54) is 19.6 Å². The van der Waals surface area contributed by atoms with Gasteiger partial charge in [-0.3, -0.25) is 19.6 Å². The number of hydrogen-bond acceptors (Lipinski definition) is 5. The molecule has 0 saturated heterocycles. The molecule has 2 rings (SSSR count). The van der Waals surface area contributed by atoms with Gasteiger partial charge < -0.3 is 15.3 Å². The number of carbonyl (C=O) groups excluding carboxylic acids is 3. The van der Waals surface area contributed by atoms with Crippen LogP contribution in [0, 0.1) is 0 Å². The second-order valence-corrected chi connectivity index (χ2v) is 5.84. The van der Waals surface area contributed by atoms with E-state index in [9.17, 15) is 14.4 Å². The lowest BCUT2D eigenvalue weighted by Gasteiger charge is -2.25. The Morgan fingerprint density at radius 1 is 0.963 bits per heavy atom. The molecule has 0 aliphatic rings. The third-order valence-corrected chi connectivity index (χ3v) is 4.16. The van der Waals surface area contributed by atoms with Crippen LogP contribution < -0.4 is 10.8 Å². The van der Waals surface area contributed by atoms with Crippen LogP contribution in [0.3, 0.4) is 0 Å². The number of rotatable bonds is 6. The van der Waals surface area contributed by atoms with Crippen LogP contribution in [-0.2, 0) is 16.2 Å². The lowest BCUT2D eigenvalue weighted by Crippen LogP contribution is -2.54. The molecule has 1 unspecified atom stereocenters. The van der Waals surface area contributed by atoms with E-state index in [2.05, 4.69) is 5.32 Å². The molecule has 3 amide bonds. The van der Waals surface area contributed by atoms with E-state index in [0.29, 0.717) is 0 Å². The number of likely N-dealkylation sites (N-methyl/N-ethyl adjacent to an activating group) is 2. The lowest BCUT2D eigenvalue weighted by molar-refractivity contribution is -0.140. The fourth-order valence-electron chi connectivity index (χ4n) is 2.60. The van der Waals surface area contributed by atoms with Gasteiger partial charge in [0.15, 0.2) is 6.04 Å². The van der Waals surface area contributed by atoms with Gasteiger partial charge in [0, 0.05) is 19.7 Å². The highest BCUT2D eigenvalue weighted by molar-refractivity contribution is 6.08. The second-order valence-electron chi connectivity index (χ2n) is 5.84. The minimum atomic E-state index is -1.50. The van der Waals surface area contributed by atoms with Gasteiger partial charge in [-0.15, -0.1) is 0 Å². The van der Waals surface area contributed by atoms with Gasteiger partial charge in [0.05, 0.1) is 6.61 Å². The number of carbonyl (C=O) groups is 3. The largest absolute Gasteiger partial charge is 0.392 e. The summed E-state index contributed by atoms with van der Waals surface area (Å²) in [4.78, 5) is 37.2. The summed E-state index contributed by atoms with van der Waals surface area (Å²) in [6.45, 7) is -0.0338. The van der Waals surface area contributed by atoms with Crippen molar-refractivity contribution in [2.24, 2.45) is 0 Å². The summed E-state index contributed by atoms with van der Waals surface area (Å²) in [5.41, 5.74) is 4.27. The molecule has 2 aromatic carbocycles. The fraction of sp³-hybridized carbons (Fsp3) is 0.211. The third kappa shape index (κ3) is 4.49. The smallest absolute Gasteiger partial charge is 0.275 e. The molecule has 0 fully saturated rings. The van der Waals surface area contributed by atoms with Crippen molar-refractivity contribution in [3.8, 4) is 11.1 Å². The molecule has 0 bridgehead atoms. The van der Waals surface area contributed by atoms with Gasteiger partial charge in [-0.2, -0.15) is 0 Å². The number of amides is 3. The van der Waals surface area contributed by atoms with Crippen molar-refractivity contribution in [2.75, 3.05) is 14.1 Å². The molecule has 142 valence electrons. The van der Waals surface area contributed by atoms with E-state index in [4.69, 9.17) is 10.3 Å². The minimum absolute atomic E-state index is 0.0338. The Kier molecular flexibility index (Phi) is 6.64. The molecule has 2 aromatic rings. The van der Waals surface area contributed by atoms with Crippen LogP contribution in [-0.4, -0.2) is 53.1 Å². The van der Waals surface area contributed by atoms with Crippen molar-refractivity contribution in [3.63, 3.8) is 0 Å². The molecule has 8 nitrogen and oxygen atoms in total. The fourth-order valence-corrected chi connectivity index (χ4v) is 2.60. The van der Waals surface area contributed by atoms with Crippen LogP contribution in [0.5, 0.6) is 0 Å². The summed E-state index contributed by atoms with van der Waals surface area (Å²) in [5, 5.41) is 20.2. The number of nitrogens with one attached hydrogen (secondary N) is 2. The maximum atomic E-state index is 12.6. The predicted octanol–water partition coefficient (Wildman–Crippen LogP) is 0.538. The summed E-state index contributed by atoms with van der Waals surface area (Å²) in [5.74, 6) is -2.28. The number of benzene rings is 2. The van der Waals surface area contributed by atoms with Gasteiger partial charge in [0.2, 0.25) is 0 Å². The zero-order valence-corrected chi connectivity index (χ0v) is 15.0. The SMILES string of the molecule is CNC(=O)C(C(=O)NO)N(C)C(=O)c1ccc(-c2ccc(CO)cc2)cc1. The van der Waals surface area contributed by atoms with Crippen molar-refractivity contribution < 1.29 is 24.7 Å². The molecule has 0 aromatic heterocycles. The van der Waals surface area contributed by atoms with Crippen molar-refractivity contribution in [1.82, 2.24) is 15.7 Å². The maximum absolute atomic E-state index is 12.6. The molecular weight excluding hydrogens is 350 g/mol. The topological polar surface area (TPSA) is 119 Å². The molecule has 1 atom stereocenters. The van der Waals surface area contributed by atoms with Gasteiger partial charge in [0.25, 0.3) is 17.7 Å². The Labute approximate surface area is 156 Å². The summed E-state index contributed by atoms with van der Waals surface area (Å²) in [6.07, 6.45) is 0. The van der Waals surface area contributed by atoms with E-state index >= 15 is 0 Å². The second kappa shape index (κ2) is 8.93. The van der Waals surface area contributed by atoms with Gasteiger partial charge in [-0.1, -0.05) is 36.4 Å². The summed E-state index contributed by atoms with van der Waals surface area (Å²) in [6, 6.07) is 12.5. The van der Waals surface area contributed by atoms with Crippen molar-refractivity contribution in [3.05, 3.63) is 59.7 Å². The summed E-state index contributed by atoms with van der Waals surface area (Å²) >= 11 is 0. The Balaban J connectivity index is 2.22. The number of nitrogens with zero attached hydrogens (tertiary/aromatic N) is 1. The first-order valence-electron chi connectivity index (χ1n) is 8.15. The quantitative estimate of drug-likeness (QED) is 0.336. The molecule has 0 heterocycles. The Morgan fingerprint density at radius 3 is 1.93 bits per heavy atom. The standard InChI is InChI=1S/C19H21N3O5/c1-20-17(24)16(18(25)21-27)22(2)19(26)15-9-7-14(8-10-15)13-5-3-12(11-23)4-6-13/h3-10,16,23,27H,11H2,1-2H3,(H,20,24)(H,21,25). The molecule has 8 heteroatoms. The first kappa shape index (κ1) is 20.1. The third-order valence-electron chi connectivity index (χ3n) is 4.16. The highest BCUT2D eigenvalue weighted by Gasteiger charge is 2.33. The summed E-state index contributed by atoms with van der Waals surface area (Å²) in [7, 11) is 2.63. The van der Waals surface area contributed by atoms with Gasteiger partial charge in [-0.05, 0) is 28.8 Å². The highest BCUT2D eigenvalue weighted by atomic mass is 16.5. The van der Waals surface area contributed by atoms with E-state index in [1.54, 1.807) is 24.3 Å². The zero-order chi connectivity index (χ0) is 20.0. The highest BCUT2D eigenvalue weighted by Crippen LogP contribution is 2.21. The van der Waals surface area contributed by atoms with Gasteiger partial charge in [0.1, 0.15) is 0 Å². The van der Waals surface area contributed by atoms with Crippen LogP contribution in [0.2, 0.25) is 0 Å². The molecule has 0 spiro atoms. The van der Waals surface area contributed by atoms with E-state index < -0.39 is 23.8 Å². The van der Waals surface area contributed by atoms with Crippen LogP contribution in [0.4, 0.5) is 0 Å². The molecule has 0 aliphatic carbocycles. The Hall–Kier alpha value is -3.23. The van der Waals surface area contributed by atoms with Gasteiger partial charge >= 0.3 is 0 Å². The van der Waals surface area contributed by atoms with Crippen LogP contribution >= 0.6 is 0 Å². The summed E-state index contributed by atoms with van der Waals surface area (Å²) < 4.78 is 0. The molecular formula is C19H21N3O5. The van der Waals surface area contributed by atoms with Gasteiger partial charge in [-0.25, -0.2) is 5.48 Å². The predicted molar refractivity (Wildman–Crippen MR) is 97.7 cm³/mol. The number of aliphatic hydroxyl groups is 1. The van der Waals surface area contributed by atoms with E-state index in [-0.39, 0.29) is 12.2 Å². The molecule has 0 radical (unpaired) electrons. The Morgan fingerprint density at radius 2 is 1.48 bits per heavy atom. The van der Waals surface area contributed by atoms with Crippen molar-refractivity contribution in [1.29, 1.82) is 0 Å². The molecule has 27 heavy (non-hydrogen) atoms. The van der Waals surface area contributed by atoms with E-state index in [0.717, 1.165) is 21.6 Å². The maximum Gasteiger partial charge on any atom is 0.275 e. The average Bonchev–Trinajstić information content (AvgIpc) is 2.73. The molecule has 0 saturated carbocycles. The normalized spacial score (nSPS) is 11.4. The van der Waals surface area contributed by atoms with Crippen molar-refractivity contribution in [2.45, 2.75) is 12.6 Å². The van der Waals surface area contributed by atoms with Crippen LogP contribution in [0.25, 0.3) is 11.1 Å². The first-order valence-corrected chi connectivity index (χ1v) is 8.15. The monoisotopic (exact) mass is 371 g/mol. The van der Waals surface area contributed by atoms with Crippen molar-refractivity contribution >= 4 is 17.7 Å². The number of aliphatic hydroxyl groups excluding tert-OH is 1. The van der Waals surface area contributed by atoms with Crippen LogP contribution in [0.15, 0.2) is 48.5 Å². The number of hydroxylamine groups is 1. The first-order chi connectivity index (χ1) is 12.9. The Bertz CT molecular complexity index is 802. The molecule has 0 aliphatic heterocycles. The average molecular weight is 371 g/mol. The van der Waals surface area contributed by atoms with Crippen LogP contribution in [0.1, 0.15) is 15.9 Å². The minimum Gasteiger partial charge on any atom is -0.392 e. The zero-order valence-electron chi connectivity index (χ0n) is 15.0. The molecule has 4 N–H and O–H groups in total. The van der Waals surface area contributed by atoms with E-state index in [1.807, 2.05) is 24.3 Å². The number of hydrogen-bond donors (Lipinski definition) is 4.